The predicted octanol–water partition coefficient (Wildman–Crippen LogP) is -0.281. The van der Waals surface area contributed by atoms with Crippen LogP contribution in [0.5, 0.6) is 0 Å². The van der Waals surface area contributed by atoms with Crippen molar-refractivity contribution in [1.29, 1.82) is 0 Å². The van der Waals surface area contributed by atoms with E-state index in [0.717, 1.165) is 19.4 Å². The Hall–Kier alpha value is -1.10. The van der Waals surface area contributed by atoms with Gasteiger partial charge in [-0.25, -0.2) is 0 Å². The minimum Gasteiger partial charge on any atom is -0.481 e. The van der Waals surface area contributed by atoms with Gasteiger partial charge < -0.3 is 15.7 Å². The number of hydrogen-bond donors (Lipinski definition) is 3. The first-order chi connectivity index (χ1) is 6.70. The van der Waals surface area contributed by atoms with Crippen molar-refractivity contribution in [3.63, 3.8) is 0 Å². The second kappa shape index (κ2) is 5.59. The molecule has 14 heavy (non-hydrogen) atoms. The summed E-state index contributed by atoms with van der Waals surface area (Å²) in [5.74, 6) is -0.758. The topological polar surface area (TPSA) is 78.4 Å². The number of nitrogens with one attached hydrogen (secondary N) is 2. The van der Waals surface area contributed by atoms with E-state index in [-0.39, 0.29) is 18.4 Å². The number of carboxylic acid groups (broad SMARTS) is 1. The van der Waals surface area contributed by atoms with Crippen molar-refractivity contribution in [3.8, 4) is 0 Å². The second-order valence-electron chi connectivity index (χ2n) is 3.44. The standard InChI is InChI=1S/C9H16N2O3/c12-8(13)4-2-5-10-7-3-1-6-11-9(7)14/h7,10H,1-6H2,(H,11,14)(H,12,13). The van der Waals surface area contributed by atoms with E-state index in [4.69, 9.17) is 5.11 Å². The van der Waals surface area contributed by atoms with Crippen LogP contribution in [0.1, 0.15) is 25.7 Å². The summed E-state index contributed by atoms with van der Waals surface area (Å²) in [5, 5.41) is 14.2. The molecule has 0 aliphatic carbocycles. The van der Waals surface area contributed by atoms with Crippen molar-refractivity contribution in [2.75, 3.05) is 13.1 Å². The molecule has 0 saturated carbocycles. The monoisotopic (exact) mass is 200 g/mol. The van der Waals surface area contributed by atoms with E-state index in [1.54, 1.807) is 0 Å². The molecule has 1 fully saturated rings. The van der Waals surface area contributed by atoms with Gasteiger partial charge in [0.25, 0.3) is 0 Å². The number of hydrogen-bond acceptors (Lipinski definition) is 3. The molecule has 0 aromatic heterocycles. The molecule has 0 radical (unpaired) electrons. The Morgan fingerprint density at radius 3 is 3.07 bits per heavy atom. The summed E-state index contributed by atoms with van der Waals surface area (Å²) < 4.78 is 0. The number of carbonyl (C=O) groups excluding carboxylic acids is 1. The van der Waals surface area contributed by atoms with E-state index in [0.29, 0.717) is 13.0 Å². The van der Waals surface area contributed by atoms with E-state index < -0.39 is 5.97 Å². The van der Waals surface area contributed by atoms with Crippen molar-refractivity contribution in [2.24, 2.45) is 0 Å². The van der Waals surface area contributed by atoms with Crippen LogP contribution in [-0.2, 0) is 9.59 Å². The fourth-order valence-electron chi connectivity index (χ4n) is 1.48. The zero-order chi connectivity index (χ0) is 10.4. The van der Waals surface area contributed by atoms with Gasteiger partial charge in [-0.1, -0.05) is 0 Å². The van der Waals surface area contributed by atoms with Gasteiger partial charge in [-0.05, 0) is 25.8 Å². The van der Waals surface area contributed by atoms with Crippen molar-refractivity contribution < 1.29 is 14.7 Å². The Morgan fingerprint density at radius 1 is 1.64 bits per heavy atom. The van der Waals surface area contributed by atoms with Crippen LogP contribution >= 0.6 is 0 Å². The van der Waals surface area contributed by atoms with Gasteiger partial charge in [0.1, 0.15) is 0 Å². The van der Waals surface area contributed by atoms with Crippen LogP contribution in [0.4, 0.5) is 0 Å². The molecule has 1 saturated heterocycles. The molecule has 5 heteroatoms. The molecule has 1 amide bonds. The molecule has 3 N–H and O–H groups in total. The van der Waals surface area contributed by atoms with Crippen LogP contribution in [-0.4, -0.2) is 36.1 Å². The van der Waals surface area contributed by atoms with Gasteiger partial charge in [-0.2, -0.15) is 0 Å². The highest BCUT2D eigenvalue weighted by atomic mass is 16.4. The number of rotatable bonds is 5. The minimum absolute atomic E-state index is 0.0339. The summed E-state index contributed by atoms with van der Waals surface area (Å²) in [6.07, 6.45) is 2.56. The van der Waals surface area contributed by atoms with Crippen molar-refractivity contribution >= 4 is 11.9 Å². The molecule has 1 heterocycles. The summed E-state index contributed by atoms with van der Waals surface area (Å²) in [6, 6.07) is -0.127. The number of carbonyl (C=O) groups is 2. The molecule has 5 nitrogen and oxygen atoms in total. The SMILES string of the molecule is O=C(O)CCCNC1CCCNC1=O. The number of piperidine rings is 1. The molecule has 1 aliphatic heterocycles. The lowest BCUT2D eigenvalue weighted by atomic mass is 10.1. The van der Waals surface area contributed by atoms with Gasteiger partial charge in [0.05, 0.1) is 6.04 Å². The van der Waals surface area contributed by atoms with Gasteiger partial charge in [0.15, 0.2) is 0 Å². The maximum atomic E-state index is 11.2. The number of carboxylic acids is 1. The second-order valence-corrected chi connectivity index (χ2v) is 3.44. The minimum atomic E-state index is -0.792. The first-order valence-electron chi connectivity index (χ1n) is 4.93. The molecule has 1 atom stereocenters. The zero-order valence-electron chi connectivity index (χ0n) is 8.08. The fourth-order valence-corrected chi connectivity index (χ4v) is 1.48. The van der Waals surface area contributed by atoms with E-state index >= 15 is 0 Å². The maximum absolute atomic E-state index is 11.2. The van der Waals surface area contributed by atoms with Crippen molar-refractivity contribution in [2.45, 2.75) is 31.7 Å². The van der Waals surface area contributed by atoms with Crippen LogP contribution in [0.2, 0.25) is 0 Å². The van der Waals surface area contributed by atoms with Gasteiger partial charge in [-0.15, -0.1) is 0 Å². The van der Waals surface area contributed by atoms with Crippen LogP contribution in [0.25, 0.3) is 0 Å². The first-order valence-corrected chi connectivity index (χ1v) is 4.93. The third-order valence-corrected chi connectivity index (χ3v) is 2.24. The van der Waals surface area contributed by atoms with Gasteiger partial charge in [0.2, 0.25) is 5.91 Å². The number of amides is 1. The highest BCUT2D eigenvalue weighted by molar-refractivity contribution is 5.82. The maximum Gasteiger partial charge on any atom is 0.303 e. The highest BCUT2D eigenvalue weighted by Crippen LogP contribution is 2.02. The average molecular weight is 200 g/mol. The molecular formula is C9H16N2O3. The van der Waals surface area contributed by atoms with E-state index in [1.807, 2.05) is 0 Å². The summed E-state index contributed by atoms with van der Waals surface area (Å²) in [5.41, 5.74) is 0. The Bertz CT molecular complexity index is 218. The molecule has 1 rings (SSSR count). The summed E-state index contributed by atoms with van der Waals surface area (Å²) >= 11 is 0. The quantitative estimate of drug-likeness (QED) is 0.533. The Balaban J connectivity index is 2.10. The lowest BCUT2D eigenvalue weighted by Gasteiger charge is -2.22. The van der Waals surface area contributed by atoms with Gasteiger partial charge >= 0.3 is 5.97 Å². The summed E-state index contributed by atoms with van der Waals surface area (Å²) in [6.45, 7) is 1.34. The molecule has 1 unspecified atom stereocenters. The predicted molar refractivity (Wildman–Crippen MR) is 50.9 cm³/mol. The first kappa shape index (κ1) is 11.0. The number of aliphatic carboxylic acids is 1. The molecule has 1 aliphatic rings. The third-order valence-electron chi connectivity index (χ3n) is 2.24. The molecule has 0 aromatic rings. The Labute approximate surface area is 82.9 Å². The molecule has 0 aromatic carbocycles. The van der Waals surface area contributed by atoms with Crippen LogP contribution < -0.4 is 10.6 Å². The van der Waals surface area contributed by atoms with Crippen molar-refractivity contribution in [3.05, 3.63) is 0 Å². The third kappa shape index (κ3) is 3.74. The summed E-state index contributed by atoms with van der Waals surface area (Å²) in [7, 11) is 0. The molecule has 0 bridgehead atoms. The molecular weight excluding hydrogens is 184 g/mol. The van der Waals surface area contributed by atoms with E-state index in [2.05, 4.69) is 10.6 Å². The van der Waals surface area contributed by atoms with Crippen LogP contribution in [0.3, 0.4) is 0 Å². The normalized spacial score (nSPS) is 21.7. The van der Waals surface area contributed by atoms with Crippen LogP contribution in [0.15, 0.2) is 0 Å². The average Bonchev–Trinajstić information content (AvgIpc) is 2.15. The smallest absolute Gasteiger partial charge is 0.303 e. The molecule has 0 spiro atoms. The largest absolute Gasteiger partial charge is 0.481 e. The van der Waals surface area contributed by atoms with Gasteiger partial charge in [-0.3, -0.25) is 9.59 Å². The lowest BCUT2D eigenvalue weighted by molar-refractivity contribution is -0.137. The van der Waals surface area contributed by atoms with Gasteiger partial charge in [0, 0.05) is 13.0 Å². The molecule has 80 valence electrons. The summed E-state index contributed by atoms with van der Waals surface area (Å²) in [4.78, 5) is 21.4. The lowest BCUT2D eigenvalue weighted by Crippen LogP contribution is -2.48. The fraction of sp³-hybridized carbons (Fsp3) is 0.778. The van der Waals surface area contributed by atoms with E-state index in [9.17, 15) is 9.59 Å². The Morgan fingerprint density at radius 2 is 2.43 bits per heavy atom. The van der Waals surface area contributed by atoms with Crippen LogP contribution in [0, 0.1) is 0 Å². The Kier molecular flexibility index (Phi) is 4.39. The van der Waals surface area contributed by atoms with Crippen molar-refractivity contribution in [1.82, 2.24) is 10.6 Å². The van der Waals surface area contributed by atoms with E-state index in [1.165, 1.54) is 0 Å². The highest BCUT2D eigenvalue weighted by Gasteiger charge is 2.20. The zero-order valence-corrected chi connectivity index (χ0v) is 8.08.